The fourth-order valence-corrected chi connectivity index (χ4v) is 1.79. The molecule has 1 saturated heterocycles. The summed E-state index contributed by atoms with van der Waals surface area (Å²) in [5.74, 6) is 0.129. The first-order valence-corrected chi connectivity index (χ1v) is 4.78. The van der Waals surface area contributed by atoms with E-state index in [2.05, 4.69) is 13.8 Å². The van der Waals surface area contributed by atoms with Crippen molar-refractivity contribution in [2.24, 2.45) is 0 Å². The Morgan fingerprint density at radius 3 is 2.38 bits per heavy atom. The molecule has 2 atom stereocenters. The molecule has 0 aliphatic carbocycles. The Morgan fingerprint density at radius 1 is 1.31 bits per heavy atom. The zero-order chi connectivity index (χ0) is 9.84. The van der Waals surface area contributed by atoms with Crippen LogP contribution in [0.1, 0.15) is 27.2 Å². The first kappa shape index (κ1) is 10.0. The molecule has 1 aliphatic heterocycles. The number of allylic oxidation sites excluding steroid dienone is 3. The average molecular weight is 179 g/mol. The molecule has 2 unspecified atom stereocenters. The zero-order valence-electron chi connectivity index (χ0n) is 8.53. The molecule has 0 aromatic rings. The van der Waals surface area contributed by atoms with E-state index in [4.69, 9.17) is 0 Å². The van der Waals surface area contributed by atoms with Gasteiger partial charge in [-0.25, -0.2) is 0 Å². The van der Waals surface area contributed by atoms with Crippen molar-refractivity contribution in [3.05, 3.63) is 24.3 Å². The van der Waals surface area contributed by atoms with Crippen molar-refractivity contribution in [3.63, 3.8) is 0 Å². The van der Waals surface area contributed by atoms with Gasteiger partial charge in [0.1, 0.15) is 0 Å². The number of amides is 1. The number of carbonyl (C=O) groups excluding carboxylic acids is 1. The van der Waals surface area contributed by atoms with Gasteiger partial charge < -0.3 is 4.90 Å². The van der Waals surface area contributed by atoms with Gasteiger partial charge in [-0.2, -0.15) is 0 Å². The van der Waals surface area contributed by atoms with Gasteiger partial charge >= 0.3 is 0 Å². The number of nitrogens with zero attached hydrogens (tertiary/aromatic N) is 1. The quantitative estimate of drug-likeness (QED) is 0.469. The Balaban J connectivity index is 2.48. The molecule has 0 saturated carbocycles. The van der Waals surface area contributed by atoms with Gasteiger partial charge in [0, 0.05) is 18.2 Å². The summed E-state index contributed by atoms with van der Waals surface area (Å²) < 4.78 is 0. The molecular formula is C11H17NO. The first-order chi connectivity index (χ1) is 6.16. The maximum atomic E-state index is 11.5. The Hall–Kier alpha value is -1.05. The van der Waals surface area contributed by atoms with Crippen molar-refractivity contribution >= 4 is 5.91 Å². The van der Waals surface area contributed by atoms with Gasteiger partial charge in [-0.15, -0.1) is 0 Å². The third-order valence-corrected chi connectivity index (χ3v) is 2.43. The van der Waals surface area contributed by atoms with Crippen LogP contribution >= 0.6 is 0 Å². The lowest BCUT2D eigenvalue weighted by molar-refractivity contribution is -0.137. The second-order valence-electron chi connectivity index (χ2n) is 3.56. The van der Waals surface area contributed by atoms with E-state index >= 15 is 0 Å². The van der Waals surface area contributed by atoms with E-state index in [0.29, 0.717) is 12.1 Å². The fourth-order valence-electron chi connectivity index (χ4n) is 1.79. The standard InChI is InChI=1S/C11H17NO/c1-4-5-6-7-11(13)12-9(2)8-10(12)3/h4-7,9-10H,8H2,1-3H3/b5-4+,7-6+. The molecule has 0 spiro atoms. The molecule has 2 nitrogen and oxygen atoms in total. The Bertz CT molecular complexity index is 234. The second-order valence-corrected chi connectivity index (χ2v) is 3.56. The first-order valence-electron chi connectivity index (χ1n) is 4.78. The minimum atomic E-state index is 0.129. The largest absolute Gasteiger partial charge is 0.334 e. The highest BCUT2D eigenvalue weighted by molar-refractivity contribution is 5.89. The van der Waals surface area contributed by atoms with Crippen LogP contribution in [0.25, 0.3) is 0 Å². The summed E-state index contributed by atoms with van der Waals surface area (Å²) in [5, 5.41) is 0. The Morgan fingerprint density at radius 2 is 1.92 bits per heavy atom. The van der Waals surface area contributed by atoms with Gasteiger partial charge in [0.15, 0.2) is 0 Å². The molecule has 1 heterocycles. The molecule has 13 heavy (non-hydrogen) atoms. The third kappa shape index (κ3) is 2.20. The summed E-state index contributed by atoms with van der Waals surface area (Å²) in [6.07, 6.45) is 8.33. The average Bonchev–Trinajstić information content (AvgIpc) is 2.04. The maximum Gasteiger partial charge on any atom is 0.247 e. The minimum absolute atomic E-state index is 0.129. The van der Waals surface area contributed by atoms with Crippen LogP contribution in [0.4, 0.5) is 0 Å². The highest BCUT2D eigenvalue weighted by atomic mass is 16.2. The molecule has 1 aliphatic rings. The van der Waals surface area contributed by atoms with E-state index < -0.39 is 0 Å². The molecule has 0 N–H and O–H groups in total. The molecule has 1 amide bonds. The highest BCUT2D eigenvalue weighted by Gasteiger charge is 2.33. The topological polar surface area (TPSA) is 20.3 Å². The van der Waals surface area contributed by atoms with Crippen LogP contribution in [-0.2, 0) is 4.79 Å². The third-order valence-electron chi connectivity index (χ3n) is 2.43. The molecule has 0 aromatic heterocycles. The van der Waals surface area contributed by atoms with Crippen molar-refractivity contribution in [3.8, 4) is 0 Å². The lowest BCUT2D eigenvalue weighted by atomic mass is 9.95. The van der Waals surface area contributed by atoms with Gasteiger partial charge in [-0.1, -0.05) is 18.2 Å². The van der Waals surface area contributed by atoms with Gasteiger partial charge in [0.25, 0.3) is 0 Å². The summed E-state index contributed by atoms with van der Waals surface area (Å²) in [6, 6.07) is 0.829. The maximum absolute atomic E-state index is 11.5. The van der Waals surface area contributed by atoms with E-state index in [1.165, 1.54) is 0 Å². The van der Waals surface area contributed by atoms with Crippen LogP contribution in [0, 0.1) is 0 Å². The molecule has 2 heteroatoms. The van der Waals surface area contributed by atoms with E-state index in [1.807, 2.05) is 24.0 Å². The molecule has 72 valence electrons. The van der Waals surface area contributed by atoms with Crippen molar-refractivity contribution in [2.45, 2.75) is 39.3 Å². The predicted molar refractivity (Wildman–Crippen MR) is 54.3 cm³/mol. The number of hydrogen-bond acceptors (Lipinski definition) is 1. The summed E-state index contributed by atoms with van der Waals surface area (Å²) in [5.41, 5.74) is 0. The predicted octanol–water partition coefficient (Wildman–Crippen LogP) is 2.13. The number of hydrogen-bond donors (Lipinski definition) is 0. The lowest BCUT2D eigenvalue weighted by Gasteiger charge is -2.44. The van der Waals surface area contributed by atoms with Crippen molar-refractivity contribution in [1.29, 1.82) is 0 Å². The van der Waals surface area contributed by atoms with E-state index in [9.17, 15) is 4.79 Å². The van der Waals surface area contributed by atoms with Crippen LogP contribution in [-0.4, -0.2) is 22.9 Å². The molecule has 1 rings (SSSR count). The Kier molecular flexibility index (Phi) is 3.29. The molecule has 1 fully saturated rings. The number of rotatable bonds is 2. The van der Waals surface area contributed by atoms with Gasteiger partial charge in [0.05, 0.1) is 0 Å². The molecule has 0 aromatic carbocycles. The molecular weight excluding hydrogens is 162 g/mol. The van der Waals surface area contributed by atoms with Crippen LogP contribution < -0.4 is 0 Å². The molecule has 0 radical (unpaired) electrons. The Labute approximate surface area is 79.9 Å². The smallest absolute Gasteiger partial charge is 0.247 e. The van der Waals surface area contributed by atoms with Crippen LogP contribution in [0.2, 0.25) is 0 Å². The van der Waals surface area contributed by atoms with E-state index in [-0.39, 0.29) is 5.91 Å². The number of carbonyl (C=O) groups is 1. The summed E-state index contributed by atoms with van der Waals surface area (Å²) in [6.45, 7) is 6.10. The lowest BCUT2D eigenvalue weighted by Crippen LogP contribution is -2.55. The summed E-state index contributed by atoms with van der Waals surface area (Å²) in [4.78, 5) is 13.4. The minimum Gasteiger partial charge on any atom is -0.334 e. The summed E-state index contributed by atoms with van der Waals surface area (Å²) in [7, 11) is 0. The second kappa shape index (κ2) is 4.26. The SMILES string of the molecule is C/C=C/C=C/C(=O)N1C(C)CC1C. The highest BCUT2D eigenvalue weighted by Crippen LogP contribution is 2.24. The normalized spacial score (nSPS) is 28.4. The van der Waals surface area contributed by atoms with Crippen molar-refractivity contribution < 1.29 is 4.79 Å². The molecule has 0 bridgehead atoms. The van der Waals surface area contributed by atoms with Crippen molar-refractivity contribution in [2.75, 3.05) is 0 Å². The van der Waals surface area contributed by atoms with Crippen LogP contribution in [0.5, 0.6) is 0 Å². The zero-order valence-corrected chi connectivity index (χ0v) is 8.53. The van der Waals surface area contributed by atoms with Crippen LogP contribution in [0.15, 0.2) is 24.3 Å². The fraction of sp³-hybridized carbons (Fsp3) is 0.545. The monoisotopic (exact) mass is 179 g/mol. The van der Waals surface area contributed by atoms with E-state index in [0.717, 1.165) is 6.42 Å². The summed E-state index contributed by atoms with van der Waals surface area (Å²) >= 11 is 0. The number of likely N-dealkylation sites (tertiary alicyclic amines) is 1. The van der Waals surface area contributed by atoms with Crippen molar-refractivity contribution in [1.82, 2.24) is 4.90 Å². The van der Waals surface area contributed by atoms with Gasteiger partial charge in [0.2, 0.25) is 5.91 Å². The van der Waals surface area contributed by atoms with Crippen LogP contribution in [0.3, 0.4) is 0 Å². The van der Waals surface area contributed by atoms with E-state index in [1.54, 1.807) is 12.2 Å². The van der Waals surface area contributed by atoms with Gasteiger partial charge in [-0.3, -0.25) is 4.79 Å². The van der Waals surface area contributed by atoms with Gasteiger partial charge in [-0.05, 0) is 27.2 Å².